The van der Waals surface area contributed by atoms with Crippen LogP contribution in [-0.2, 0) is 9.53 Å². The van der Waals surface area contributed by atoms with E-state index in [1.807, 2.05) is 12.1 Å². The Morgan fingerprint density at radius 3 is 2.71 bits per heavy atom. The SMILES string of the molecule is C=C1CCC2C(C)(C)[C@@H](OC(C)=O)CC[C@]2(C)C1COc1ccc2oc(=O)ccc2c1. The first-order chi connectivity index (χ1) is 14.6. The Kier molecular flexibility index (Phi) is 5.48. The van der Waals surface area contributed by atoms with Crippen molar-refractivity contribution in [2.45, 2.75) is 59.5 Å². The molecule has 1 aromatic heterocycles. The second kappa shape index (κ2) is 7.85. The number of esters is 1. The molecule has 0 aliphatic heterocycles. The van der Waals surface area contributed by atoms with Crippen molar-refractivity contribution in [2.24, 2.45) is 22.7 Å². The standard InChI is InChI=1S/C26H32O5/c1-16-6-10-22-25(3,4)23(30-17(2)27)12-13-26(22,5)20(16)15-29-19-8-9-21-18(14-19)7-11-24(28)31-21/h7-9,11,14,20,22-23H,1,6,10,12-13,15H2,2-5H3/t20?,22?,23-,26+/m0/s1. The van der Waals surface area contributed by atoms with E-state index in [2.05, 4.69) is 27.4 Å². The third kappa shape index (κ3) is 3.90. The summed E-state index contributed by atoms with van der Waals surface area (Å²) in [6, 6.07) is 8.71. The van der Waals surface area contributed by atoms with Crippen LogP contribution in [0.25, 0.3) is 11.0 Å². The smallest absolute Gasteiger partial charge is 0.336 e. The Labute approximate surface area is 183 Å². The number of fused-ring (bicyclic) bond motifs is 2. The van der Waals surface area contributed by atoms with E-state index in [9.17, 15) is 9.59 Å². The first kappa shape index (κ1) is 21.7. The Morgan fingerprint density at radius 2 is 1.97 bits per heavy atom. The largest absolute Gasteiger partial charge is 0.493 e. The number of ether oxygens (including phenoxy) is 2. The topological polar surface area (TPSA) is 65.7 Å². The molecule has 2 saturated carbocycles. The summed E-state index contributed by atoms with van der Waals surface area (Å²) in [4.78, 5) is 23.1. The first-order valence-electron chi connectivity index (χ1n) is 11.1. The second-order valence-electron chi connectivity index (χ2n) is 10.0. The highest BCUT2D eigenvalue weighted by Gasteiger charge is 2.57. The van der Waals surface area contributed by atoms with Gasteiger partial charge in [0.2, 0.25) is 0 Å². The number of benzene rings is 1. The molecule has 0 spiro atoms. The van der Waals surface area contributed by atoms with Gasteiger partial charge in [-0.05, 0) is 61.3 Å². The first-order valence-corrected chi connectivity index (χ1v) is 11.1. The van der Waals surface area contributed by atoms with Gasteiger partial charge in [-0.15, -0.1) is 0 Å². The van der Waals surface area contributed by atoms with Crippen LogP contribution in [-0.4, -0.2) is 18.7 Å². The lowest BCUT2D eigenvalue weighted by atomic mass is 9.47. The maximum absolute atomic E-state index is 11.6. The summed E-state index contributed by atoms with van der Waals surface area (Å²) >= 11 is 0. The second-order valence-corrected chi connectivity index (χ2v) is 10.0. The van der Waals surface area contributed by atoms with Crippen molar-refractivity contribution in [3.05, 3.63) is 52.9 Å². The molecule has 0 N–H and O–H groups in total. The van der Waals surface area contributed by atoms with Crippen LogP contribution in [0.2, 0.25) is 0 Å². The van der Waals surface area contributed by atoms with Gasteiger partial charge >= 0.3 is 11.6 Å². The molecule has 2 unspecified atom stereocenters. The van der Waals surface area contributed by atoms with E-state index in [0.717, 1.165) is 36.8 Å². The molecule has 0 bridgehead atoms. The van der Waals surface area contributed by atoms with Gasteiger partial charge in [0.25, 0.3) is 0 Å². The van der Waals surface area contributed by atoms with Crippen LogP contribution in [0.3, 0.4) is 0 Å². The molecule has 31 heavy (non-hydrogen) atoms. The van der Waals surface area contributed by atoms with Gasteiger partial charge in [-0.2, -0.15) is 0 Å². The number of hydrogen-bond donors (Lipinski definition) is 0. The van der Waals surface area contributed by atoms with Gasteiger partial charge in [-0.1, -0.05) is 32.9 Å². The molecule has 0 amide bonds. The fraction of sp³-hybridized carbons (Fsp3) is 0.538. The zero-order chi connectivity index (χ0) is 22.4. The molecule has 0 radical (unpaired) electrons. The van der Waals surface area contributed by atoms with Gasteiger partial charge in [0.1, 0.15) is 17.4 Å². The van der Waals surface area contributed by atoms with Gasteiger partial charge in [0.15, 0.2) is 0 Å². The monoisotopic (exact) mass is 424 g/mol. The molecule has 2 aromatic rings. The van der Waals surface area contributed by atoms with Crippen molar-refractivity contribution < 1.29 is 18.7 Å². The summed E-state index contributed by atoms with van der Waals surface area (Å²) in [6.45, 7) is 13.3. The lowest BCUT2D eigenvalue weighted by molar-refractivity contribution is -0.175. The average molecular weight is 425 g/mol. The zero-order valence-electron chi connectivity index (χ0n) is 18.9. The van der Waals surface area contributed by atoms with E-state index in [-0.39, 0.29) is 34.4 Å². The lowest BCUT2D eigenvalue weighted by Gasteiger charge is -2.59. The third-order valence-corrected chi connectivity index (χ3v) is 7.83. The molecule has 0 saturated heterocycles. The molecular formula is C26H32O5. The average Bonchev–Trinajstić information content (AvgIpc) is 2.69. The maximum Gasteiger partial charge on any atom is 0.336 e. The molecule has 1 aromatic carbocycles. The van der Waals surface area contributed by atoms with Crippen LogP contribution >= 0.6 is 0 Å². The Morgan fingerprint density at radius 1 is 1.19 bits per heavy atom. The molecule has 2 aliphatic rings. The fourth-order valence-electron chi connectivity index (χ4n) is 6.19. The van der Waals surface area contributed by atoms with Crippen molar-refractivity contribution in [2.75, 3.05) is 6.61 Å². The van der Waals surface area contributed by atoms with Gasteiger partial charge in [-0.25, -0.2) is 4.79 Å². The number of carbonyl (C=O) groups is 1. The van der Waals surface area contributed by atoms with Crippen molar-refractivity contribution in [1.82, 2.24) is 0 Å². The molecule has 4 atom stereocenters. The summed E-state index contributed by atoms with van der Waals surface area (Å²) < 4.78 is 17.2. The Hall–Kier alpha value is -2.56. The minimum Gasteiger partial charge on any atom is -0.493 e. The van der Waals surface area contributed by atoms with E-state index < -0.39 is 0 Å². The van der Waals surface area contributed by atoms with Gasteiger partial charge in [0.05, 0.1) is 6.61 Å². The van der Waals surface area contributed by atoms with Gasteiger partial charge in [-0.3, -0.25) is 4.79 Å². The highest BCUT2D eigenvalue weighted by atomic mass is 16.5. The molecule has 4 rings (SSSR count). The Balaban J connectivity index is 1.55. The normalized spacial score (nSPS) is 29.9. The van der Waals surface area contributed by atoms with E-state index in [1.54, 1.807) is 12.1 Å². The Bertz CT molecular complexity index is 1060. The fourth-order valence-corrected chi connectivity index (χ4v) is 6.19. The van der Waals surface area contributed by atoms with E-state index >= 15 is 0 Å². The van der Waals surface area contributed by atoms with E-state index in [1.165, 1.54) is 18.6 Å². The number of rotatable bonds is 4. The number of carbonyl (C=O) groups excluding carboxylic acids is 1. The molecule has 166 valence electrons. The summed E-state index contributed by atoms with van der Waals surface area (Å²) in [5.74, 6) is 1.21. The van der Waals surface area contributed by atoms with E-state index in [0.29, 0.717) is 18.1 Å². The molecular weight excluding hydrogens is 392 g/mol. The van der Waals surface area contributed by atoms with Crippen LogP contribution < -0.4 is 10.4 Å². The van der Waals surface area contributed by atoms with Crippen LogP contribution in [0, 0.1) is 22.7 Å². The third-order valence-electron chi connectivity index (χ3n) is 7.83. The van der Waals surface area contributed by atoms with Crippen molar-refractivity contribution in [3.63, 3.8) is 0 Å². The predicted octanol–water partition coefficient (Wildman–Crippen LogP) is 5.51. The van der Waals surface area contributed by atoms with Crippen LogP contribution in [0.5, 0.6) is 5.75 Å². The molecule has 2 fully saturated rings. The van der Waals surface area contributed by atoms with Crippen molar-refractivity contribution in [1.29, 1.82) is 0 Å². The maximum atomic E-state index is 11.6. The van der Waals surface area contributed by atoms with E-state index in [4.69, 9.17) is 13.9 Å². The van der Waals surface area contributed by atoms with Crippen molar-refractivity contribution in [3.8, 4) is 5.75 Å². The summed E-state index contributed by atoms with van der Waals surface area (Å²) in [5, 5.41) is 0.840. The highest BCUT2D eigenvalue weighted by molar-refractivity contribution is 5.77. The summed E-state index contributed by atoms with van der Waals surface area (Å²) in [5.41, 5.74) is 1.38. The van der Waals surface area contributed by atoms with Crippen molar-refractivity contribution >= 4 is 16.9 Å². The summed E-state index contributed by atoms with van der Waals surface area (Å²) in [7, 11) is 0. The molecule has 1 heterocycles. The minimum atomic E-state index is -0.356. The van der Waals surface area contributed by atoms with Gasteiger partial charge < -0.3 is 13.9 Å². The van der Waals surface area contributed by atoms with Gasteiger partial charge in [0, 0.05) is 29.7 Å². The molecule has 5 heteroatoms. The summed E-state index contributed by atoms with van der Waals surface area (Å²) in [6.07, 6.45) is 3.82. The number of hydrogen-bond acceptors (Lipinski definition) is 5. The predicted molar refractivity (Wildman–Crippen MR) is 120 cm³/mol. The quantitative estimate of drug-likeness (QED) is 0.368. The lowest BCUT2D eigenvalue weighted by Crippen LogP contribution is -2.56. The van der Waals surface area contributed by atoms with Crippen LogP contribution in [0.15, 0.2) is 51.7 Å². The van der Waals surface area contributed by atoms with Crippen LogP contribution in [0.4, 0.5) is 0 Å². The highest BCUT2D eigenvalue weighted by Crippen LogP contribution is 2.61. The van der Waals surface area contributed by atoms with Crippen LogP contribution in [0.1, 0.15) is 53.4 Å². The molecule has 2 aliphatic carbocycles. The molecule has 5 nitrogen and oxygen atoms in total. The minimum absolute atomic E-state index is 0.0408. The zero-order valence-corrected chi connectivity index (χ0v) is 18.9.